The quantitative estimate of drug-likeness (QED) is 0.248. The van der Waals surface area contributed by atoms with E-state index in [2.05, 4.69) is 0 Å². The lowest BCUT2D eigenvalue weighted by atomic mass is 10.0. The van der Waals surface area contributed by atoms with Gasteiger partial charge in [-0.05, 0) is 47.9 Å². The van der Waals surface area contributed by atoms with Gasteiger partial charge in [0.25, 0.3) is 10.1 Å². The fourth-order valence-electron chi connectivity index (χ4n) is 3.66. The number of hydrogen-bond donors (Lipinski definition) is 2. The first kappa shape index (κ1) is 27.3. The SMILES string of the molecule is Cc1ccc(S(=O)(=O)OC[C@H](O)[C@H](O)c2ccc(OCc3ccccc3)c(OCc3ccccc3)c2)cc1. The number of benzene rings is 4. The maximum absolute atomic E-state index is 12.5. The largest absolute Gasteiger partial charge is 0.485 e. The van der Waals surface area contributed by atoms with Gasteiger partial charge in [-0.3, -0.25) is 4.18 Å². The van der Waals surface area contributed by atoms with Gasteiger partial charge < -0.3 is 19.7 Å². The average Bonchev–Trinajstić information content (AvgIpc) is 2.95. The van der Waals surface area contributed by atoms with E-state index in [0.29, 0.717) is 23.7 Å². The maximum atomic E-state index is 12.5. The molecular formula is C30H30O7S. The Morgan fingerprint density at radius 2 is 1.26 bits per heavy atom. The van der Waals surface area contributed by atoms with Crippen LogP contribution in [0.3, 0.4) is 0 Å². The van der Waals surface area contributed by atoms with Crippen molar-refractivity contribution in [2.75, 3.05) is 6.61 Å². The van der Waals surface area contributed by atoms with Gasteiger partial charge in [0.15, 0.2) is 11.5 Å². The summed E-state index contributed by atoms with van der Waals surface area (Å²) in [6.45, 7) is 1.80. The zero-order valence-electron chi connectivity index (χ0n) is 20.9. The molecule has 0 aliphatic rings. The molecule has 0 aliphatic carbocycles. The average molecular weight is 535 g/mol. The summed E-state index contributed by atoms with van der Waals surface area (Å²) in [5.41, 5.74) is 3.15. The molecule has 0 aromatic heterocycles. The van der Waals surface area contributed by atoms with E-state index >= 15 is 0 Å². The van der Waals surface area contributed by atoms with Gasteiger partial charge in [-0.25, -0.2) is 0 Å². The standard InChI is InChI=1S/C30H30O7S/c1-22-12-15-26(16-13-22)38(33,34)37-21-27(31)30(32)25-14-17-28(35-19-23-8-4-2-5-9-23)29(18-25)36-20-24-10-6-3-7-11-24/h2-18,27,30-32H,19-21H2,1H3/t27-,30+/m0/s1. The minimum atomic E-state index is -4.09. The van der Waals surface area contributed by atoms with Gasteiger partial charge in [0.2, 0.25) is 0 Å². The smallest absolute Gasteiger partial charge is 0.297 e. The van der Waals surface area contributed by atoms with Gasteiger partial charge >= 0.3 is 0 Å². The lowest BCUT2D eigenvalue weighted by molar-refractivity contribution is -0.00776. The van der Waals surface area contributed by atoms with Crippen LogP contribution in [0.2, 0.25) is 0 Å². The summed E-state index contributed by atoms with van der Waals surface area (Å²) < 4.78 is 41.9. The van der Waals surface area contributed by atoms with Crippen LogP contribution in [0.4, 0.5) is 0 Å². The van der Waals surface area contributed by atoms with Crippen molar-refractivity contribution in [1.82, 2.24) is 0 Å². The van der Waals surface area contributed by atoms with Crippen LogP contribution in [0.15, 0.2) is 108 Å². The molecule has 0 fully saturated rings. The number of aliphatic hydroxyl groups excluding tert-OH is 2. The molecule has 0 heterocycles. The first-order valence-corrected chi connectivity index (χ1v) is 13.5. The Balaban J connectivity index is 1.47. The molecule has 0 saturated carbocycles. The van der Waals surface area contributed by atoms with Crippen molar-refractivity contribution >= 4 is 10.1 Å². The first-order valence-electron chi connectivity index (χ1n) is 12.1. The summed E-state index contributed by atoms with van der Waals surface area (Å²) in [6, 6.07) is 30.2. The van der Waals surface area contributed by atoms with E-state index in [9.17, 15) is 18.6 Å². The highest BCUT2D eigenvalue weighted by Gasteiger charge is 2.24. The molecule has 7 nitrogen and oxygen atoms in total. The molecule has 198 valence electrons. The number of aryl methyl sites for hydroxylation is 1. The van der Waals surface area contributed by atoms with Gasteiger partial charge in [-0.1, -0.05) is 84.4 Å². The van der Waals surface area contributed by atoms with Crippen molar-refractivity contribution in [1.29, 1.82) is 0 Å². The van der Waals surface area contributed by atoms with E-state index in [4.69, 9.17) is 13.7 Å². The van der Waals surface area contributed by atoms with Crippen LogP contribution in [-0.2, 0) is 27.5 Å². The Labute approximate surface area is 223 Å². The van der Waals surface area contributed by atoms with Crippen LogP contribution in [0.1, 0.15) is 28.4 Å². The number of rotatable bonds is 12. The molecule has 0 unspecified atom stereocenters. The molecule has 0 spiro atoms. The van der Waals surface area contributed by atoms with Crippen LogP contribution >= 0.6 is 0 Å². The molecular weight excluding hydrogens is 504 g/mol. The number of aliphatic hydroxyl groups is 2. The topological polar surface area (TPSA) is 102 Å². The second kappa shape index (κ2) is 12.7. The summed E-state index contributed by atoms with van der Waals surface area (Å²) in [7, 11) is -4.09. The van der Waals surface area contributed by atoms with Crippen molar-refractivity contribution < 1.29 is 32.3 Å². The summed E-state index contributed by atoms with van der Waals surface area (Å²) in [6.07, 6.45) is -2.93. The zero-order chi connectivity index (χ0) is 27.0. The summed E-state index contributed by atoms with van der Waals surface area (Å²) >= 11 is 0. The predicted octanol–water partition coefficient (Wildman–Crippen LogP) is 4.95. The van der Waals surface area contributed by atoms with Gasteiger partial charge in [0.05, 0.1) is 11.5 Å². The molecule has 4 aromatic rings. The molecule has 0 radical (unpaired) electrons. The van der Waals surface area contributed by atoms with Crippen LogP contribution in [0.5, 0.6) is 11.5 Å². The lowest BCUT2D eigenvalue weighted by Gasteiger charge is -2.20. The highest BCUT2D eigenvalue weighted by molar-refractivity contribution is 7.86. The van der Waals surface area contributed by atoms with Crippen LogP contribution in [0, 0.1) is 6.92 Å². The lowest BCUT2D eigenvalue weighted by Crippen LogP contribution is -2.26. The highest BCUT2D eigenvalue weighted by Crippen LogP contribution is 2.33. The minimum absolute atomic E-state index is 0.0266. The zero-order valence-corrected chi connectivity index (χ0v) is 21.8. The maximum Gasteiger partial charge on any atom is 0.297 e. The molecule has 0 aliphatic heterocycles. The fourth-order valence-corrected chi connectivity index (χ4v) is 4.58. The molecule has 0 amide bonds. The van der Waals surface area contributed by atoms with E-state index < -0.39 is 28.9 Å². The predicted molar refractivity (Wildman–Crippen MR) is 143 cm³/mol. The van der Waals surface area contributed by atoms with Crippen LogP contribution < -0.4 is 9.47 Å². The molecule has 2 atom stereocenters. The van der Waals surface area contributed by atoms with Crippen molar-refractivity contribution in [2.24, 2.45) is 0 Å². The van der Waals surface area contributed by atoms with E-state index in [1.54, 1.807) is 30.3 Å². The Bertz CT molecular complexity index is 1410. The number of ether oxygens (including phenoxy) is 2. The summed E-state index contributed by atoms with van der Waals surface area (Å²) in [5.74, 6) is 0.843. The second-order valence-electron chi connectivity index (χ2n) is 8.82. The normalized spacial score (nSPS) is 13.0. The third-order valence-corrected chi connectivity index (χ3v) is 7.15. The molecule has 38 heavy (non-hydrogen) atoms. The Morgan fingerprint density at radius 1 is 0.711 bits per heavy atom. The second-order valence-corrected chi connectivity index (χ2v) is 10.4. The Hall–Kier alpha value is -3.69. The van der Waals surface area contributed by atoms with Crippen molar-refractivity contribution in [3.8, 4) is 11.5 Å². The fraction of sp³-hybridized carbons (Fsp3) is 0.200. The summed E-state index contributed by atoms with van der Waals surface area (Å²) in [4.78, 5) is -0.0266. The first-order chi connectivity index (χ1) is 18.3. The van der Waals surface area contributed by atoms with Gasteiger partial charge in [-0.15, -0.1) is 0 Å². The van der Waals surface area contributed by atoms with Crippen LogP contribution in [-0.4, -0.2) is 31.3 Å². The van der Waals surface area contributed by atoms with E-state index in [0.717, 1.165) is 16.7 Å². The van der Waals surface area contributed by atoms with Crippen molar-refractivity contribution in [2.45, 2.75) is 37.2 Å². The monoisotopic (exact) mass is 534 g/mol. The third kappa shape index (κ3) is 7.43. The van der Waals surface area contributed by atoms with E-state index in [1.165, 1.54) is 12.1 Å². The third-order valence-electron chi connectivity index (χ3n) is 5.85. The van der Waals surface area contributed by atoms with Gasteiger partial charge in [0, 0.05) is 0 Å². The Kier molecular flexibility index (Phi) is 9.15. The number of hydrogen-bond acceptors (Lipinski definition) is 7. The van der Waals surface area contributed by atoms with Crippen LogP contribution in [0.25, 0.3) is 0 Å². The molecule has 4 aromatic carbocycles. The molecule has 0 bridgehead atoms. The van der Waals surface area contributed by atoms with Gasteiger partial charge in [0.1, 0.15) is 25.4 Å². The molecule has 2 N–H and O–H groups in total. The summed E-state index contributed by atoms with van der Waals surface area (Å²) in [5, 5.41) is 21.3. The van der Waals surface area contributed by atoms with Crippen molar-refractivity contribution in [3.63, 3.8) is 0 Å². The molecule has 8 heteroatoms. The Morgan fingerprint density at radius 3 is 1.84 bits per heavy atom. The highest BCUT2D eigenvalue weighted by atomic mass is 32.2. The van der Waals surface area contributed by atoms with Crippen molar-refractivity contribution in [3.05, 3.63) is 125 Å². The van der Waals surface area contributed by atoms with E-state index in [1.807, 2.05) is 67.6 Å². The molecule has 0 saturated heterocycles. The van der Waals surface area contributed by atoms with Gasteiger partial charge in [-0.2, -0.15) is 8.42 Å². The molecule has 4 rings (SSSR count). The van der Waals surface area contributed by atoms with E-state index in [-0.39, 0.29) is 11.5 Å². The minimum Gasteiger partial charge on any atom is -0.485 e.